The molecule has 1 aliphatic heterocycles. The van der Waals surface area contributed by atoms with Crippen LogP contribution in [0.4, 0.5) is 0 Å². The van der Waals surface area contributed by atoms with Crippen LogP contribution in [0.1, 0.15) is 30.4 Å². The third-order valence-electron chi connectivity index (χ3n) is 5.17. The molecule has 3 heterocycles. The maximum absolute atomic E-state index is 12.5. The number of nitrogens with one attached hydrogen (secondary N) is 1. The Morgan fingerprint density at radius 2 is 2.11 bits per heavy atom. The van der Waals surface area contributed by atoms with Gasteiger partial charge >= 0.3 is 0 Å². The number of aryl methyl sites for hydroxylation is 1. The first-order valence-corrected chi connectivity index (χ1v) is 9.79. The molecule has 5 heteroatoms. The topological polar surface area (TPSA) is 58.2 Å². The second kappa shape index (κ2) is 8.30. The lowest BCUT2D eigenvalue weighted by atomic mass is 10.0. The SMILES string of the molecule is Cc1ccc(OCCCC(=O)N2CC=C(c3c[nH]c4cccnc34)CC2)cc1. The van der Waals surface area contributed by atoms with E-state index in [-0.39, 0.29) is 5.91 Å². The number of fused-ring (bicyclic) bond motifs is 1. The van der Waals surface area contributed by atoms with Gasteiger partial charge in [-0.05, 0) is 49.6 Å². The van der Waals surface area contributed by atoms with Gasteiger partial charge < -0.3 is 14.6 Å². The van der Waals surface area contributed by atoms with E-state index in [4.69, 9.17) is 4.74 Å². The molecule has 4 rings (SSSR count). The summed E-state index contributed by atoms with van der Waals surface area (Å²) in [5.74, 6) is 1.05. The summed E-state index contributed by atoms with van der Waals surface area (Å²) in [4.78, 5) is 22.2. The van der Waals surface area contributed by atoms with Gasteiger partial charge in [0, 0.05) is 37.5 Å². The number of carbonyl (C=O) groups is 1. The highest BCUT2D eigenvalue weighted by atomic mass is 16.5. The van der Waals surface area contributed by atoms with Gasteiger partial charge in [-0.15, -0.1) is 0 Å². The van der Waals surface area contributed by atoms with Crippen LogP contribution in [-0.2, 0) is 4.79 Å². The van der Waals surface area contributed by atoms with Crippen LogP contribution in [0, 0.1) is 6.92 Å². The number of aromatic amines is 1. The fraction of sp³-hybridized carbons (Fsp3) is 0.304. The minimum absolute atomic E-state index is 0.194. The molecular weight excluding hydrogens is 350 g/mol. The number of H-pyrrole nitrogens is 1. The van der Waals surface area contributed by atoms with E-state index in [1.54, 1.807) is 0 Å². The van der Waals surface area contributed by atoms with Crippen LogP contribution in [0.15, 0.2) is 54.9 Å². The van der Waals surface area contributed by atoms with Gasteiger partial charge in [0.05, 0.1) is 17.6 Å². The molecule has 1 aliphatic rings. The van der Waals surface area contributed by atoms with Gasteiger partial charge in [0.2, 0.25) is 5.91 Å². The van der Waals surface area contributed by atoms with Crippen molar-refractivity contribution in [3.63, 3.8) is 0 Å². The smallest absolute Gasteiger partial charge is 0.222 e. The van der Waals surface area contributed by atoms with Gasteiger partial charge in [0.1, 0.15) is 5.75 Å². The maximum Gasteiger partial charge on any atom is 0.222 e. The van der Waals surface area contributed by atoms with E-state index in [0.29, 0.717) is 19.6 Å². The standard InChI is InChI=1S/C23H25N3O2/c1-17-6-8-19(9-7-17)28-15-3-5-22(27)26-13-10-18(11-14-26)20-16-25-21-4-2-12-24-23(20)21/h2,4,6-10,12,16,25H,3,5,11,13-15H2,1H3. The van der Waals surface area contributed by atoms with Crippen LogP contribution in [0.2, 0.25) is 0 Å². The zero-order valence-electron chi connectivity index (χ0n) is 16.1. The lowest BCUT2D eigenvalue weighted by Crippen LogP contribution is -2.34. The van der Waals surface area contributed by atoms with Crippen molar-refractivity contribution >= 4 is 22.5 Å². The Labute approximate surface area is 165 Å². The quantitative estimate of drug-likeness (QED) is 0.652. The summed E-state index contributed by atoms with van der Waals surface area (Å²) in [5.41, 5.74) is 5.67. The molecule has 0 fully saturated rings. The molecule has 0 saturated carbocycles. The fourth-order valence-corrected chi connectivity index (χ4v) is 3.55. The summed E-state index contributed by atoms with van der Waals surface area (Å²) in [7, 11) is 0. The molecule has 3 aromatic rings. The van der Waals surface area contributed by atoms with Crippen molar-refractivity contribution in [3.05, 3.63) is 66.0 Å². The summed E-state index contributed by atoms with van der Waals surface area (Å²) in [6.07, 6.45) is 8.09. The van der Waals surface area contributed by atoms with Crippen molar-refractivity contribution in [1.82, 2.24) is 14.9 Å². The Morgan fingerprint density at radius 1 is 1.25 bits per heavy atom. The average Bonchev–Trinajstić information content (AvgIpc) is 3.17. The lowest BCUT2D eigenvalue weighted by molar-refractivity contribution is -0.131. The number of hydrogen-bond acceptors (Lipinski definition) is 3. The molecule has 28 heavy (non-hydrogen) atoms. The first-order chi connectivity index (χ1) is 13.7. The number of ether oxygens (including phenoxy) is 1. The van der Waals surface area contributed by atoms with E-state index in [2.05, 4.69) is 23.0 Å². The van der Waals surface area contributed by atoms with Gasteiger partial charge in [-0.3, -0.25) is 9.78 Å². The highest BCUT2D eigenvalue weighted by Crippen LogP contribution is 2.28. The van der Waals surface area contributed by atoms with Crippen molar-refractivity contribution in [3.8, 4) is 5.75 Å². The Bertz CT molecular complexity index is 989. The van der Waals surface area contributed by atoms with Crippen LogP contribution >= 0.6 is 0 Å². The predicted molar refractivity (Wildman–Crippen MR) is 111 cm³/mol. The summed E-state index contributed by atoms with van der Waals surface area (Å²) >= 11 is 0. The number of nitrogens with zero attached hydrogens (tertiary/aromatic N) is 2. The molecular formula is C23H25N3O2. The van der Waals surface area contributed by atoms with E-state index in [0.717, 1.165) is 41.7 Å². The fourth-order valence-electron chi connectivity index (χ4n) is 3.55. The number of carbonyl (C=O) groups excluding carboxylic acids is 1. The second-order valence-corrected chi connectivity index (χ2v) is 7.19. The molecule has 1 amide bonds. The first kappa shape index (κ1) is 18.3. The molecule has 0 bridgehead atoms. The van der Waals surface area contributed by atoms with Crippen LogP contribution in [0.25, 0.3) is 16.6 Å². The zero-order valence-corrected chi connectivity index (χ0v) is 16.1. The molecule has 2 aromatic heterocycles. The lowest BCUT2D eigenvalue weighted by Gasteiger charge is -2.26. The van der Waals surface area contributed by atoms with Crippen LogP contribution in [-0.4, -0.2) is 40.5 Å². The molecule has 1 aromatic carbocycles. The summed E-state index contributed by atoms with van der Waals surface area (Å²) in [5, 5.41) is 0. The Kier molecular flexibility index (Phi) is 5.42. The van der Waals surface area contributed by atoms with Crippen molar-refractivity contribution in [1.29, 1.82) is 0 Å². The van der Waals surface area contributed by atoms with Crippen molar-refractivity contribution in [2.24, 2.45) is 0 Å². The van der Waals surface area contributed by atoms with Crippen molar-refractivity contribution in [2.45, 2.75) is 26.2 Å². The predicted octanol–water partition coefficient (Wildman–Crippen LogP) is 4.35. The first-order valence-electron chi connectivity index (χ1n) is 9.79. The Hall–Kier alpha value is -3.08. The minimum Gasteiger partial charge on any atom is -0.494 e. The zero-order chi connectivity index (χ0) is 19.3. The monoisotopic (exact) mass is 375 g/mol. The van der Waals surface area contributed by atoms with Gasteiger partial charge in [-0.1, -0.05) is 23.8 Å². The van der Waals surface area contributed by atoms with E-state index < -0.39 is 0 Å². The van der Waals surface area contributed by atoms with E-state index >= 15 is 0 Å². The Balaban J connectivity index is 1.27. The van der Waals surface area contributed by atoms with Gasteiger partial charge in [-0.2, -0.15) is 0 Å². The van der Waals surface area contributed by atoms with Gasteiger partial charge in [0.25, 0.3) is 0 Å². The molecule has 144 valence electrons. The van der Waals surface area contributed by atoms with Crippen LogP contribution < -0.4 is 4.74 Å². The number of rotatable bonds is 6. The highest BCUT2D eigenvalue weighted by Gasteiger charge is 2.19. The van der Waals surface area contributed by atoms with Crippen LogP contribution in [0.5, 0.6) is 5.75 Å². The van der Waals surface area contributed by atoms with Gasteiger partial charge in [-0.25, -0.2) is 0 Å². The largest absolute Gasteiger partial charge is 0.494 e. The third-order valence-corrected chi connectivity index (χ3v) is 5.17. The molecule has 0 unspecified atom stereocenters. The van der Waals surface area contributed by atoms with Gasteiger partial charge in [0.15, 0.2) is 0 Å². The molecule has 5 nitrogen and oxygen atoms in total. The van der Waals surface area contributed by atoms with Crippen molar-refractivity contribution in [2.75, 3.05) is 19.7 Å². The molecule has 0 radical (unpaired) electrons. The summed E-state index contributed by atoms with van der Waals surface area (Å²) in [6, 6.07) is 12.0. The summed E-state index contributed by atoms with van der Waals surface area (Å²) in [6.45, 7) is 4.02. The van der Waals surface area contributed by atoms with E-state index in [9.17, 15) is 4.79 Å². The number of hydrogen-bond donors (Lipinski definition) is 1. The minimum atomic E-state index is 0.194. The summed E-state index contributed by atoms with van der Waals surface area (Å²) < 4.78 is 5.71. The molecule has 0 spiro atoms. The normalized spacial score (nSPS) is 14.2. The average molecular weight is 375 g/mol. The van der Waals surface area contributed by atoms with E-state index in [1.165, 1.54) is 11.1 Å². The number of benzene rings is 1. The number of aromatic nitrogens is 2. The molecule has 0 aliphatic carbocycles. The highest BCUT2D eigenvalue weighted by molar-refractivity contribution is 5.90. The van der Waals surface area contributed by atoms with Crippen molar-refractivity contribution < 1.29 is 9.53 Å². The molecule has 1 N–H and O–H groups in total. The Morgan fingerprint density at radius 3 is 2.89 bits per heavy atom. The van der Waals surface area contributed by atoms with E-state index in [1.807, 2.05) is 53.7 Å². The second-order valence-electron chi connectivity index (χ2n) is 7.19. The maximum atomic E-state index is 12.5. The number of amides is 1. The molecule has 0 atom stereocenters. The number of pyridine rings is 1. The molecule has 0 saturated heterocycles. The third kappa shape index (κ3) is 4.09. The van der Waals surface area contributed by atoms with Crippen LogP contribution in [0.3, 0.4) is 0 Å².